The highest BCUT2D eigenvalue weighted by Gasteiger charge is 2.22. The van der Waals surface area contributed by atoms with Crippen LogP contribution in [0.15, 0.2) is 21.7 Å². The average molecular weight is 346 g/mol. The van der Waals surface area contributed by atoms with Gasteiger partial charge in [0.05, 0.1) is 12.0 Å². The van der Waals surface area contributed by atoms with Crippen LogP contribution < -0.4 is 11.2 Å². The van der Waals surface area contributed by atoms with Crippen molar-refractivity contribution in [3.8, 4) is 0 Å². The fraction of sp³-hybridized carbons (Fsp3) is 0.538. The van der Waals surface area contributed by atoms with Crippen LogP contribution in [0.4, 0.5) is 10.7 Å². The van der Waals surface area contributed by atoms with Crippen molar-refractivity contribution < 1.29 is 14.1 Å². The molecule has 9 nitrogen and oxygen atoms in total. The van der Waals surface area contributed by atoms with Crippen molar-refractivity contribution in [1.82, 2.24) is 10.3 Å². The monoisotopic (exact) mass is 345 g/mol. The number of furan rings is 1. The molecular formula is C13H20ClN5O4. The third-order valence-electron chi connectivity index (χ3n) is 3.49. The quantitative estimate of drug-likeness (QED) is 0.462. The van der Waals surface area contributed by atoms with E-state index in [4.69, 9.17) is 10.2 Å². The summed E-state index contributed by atoms with van der Waals surface area (Å²) in [5, 5.41) is 14.5. The molecule has 128 valence electrons. The molecule has 1 atom stereocenters. The van der Waals surface area contributed by atoms with E-state index >= 15 is 0 Å². The van der Waals surface area contributed by atoms with Gasteiger partial charge in [-0.25, -0.2) is 10.2 Å². The van der Waals surface area contributed by atoms with E-state index in [0.717, 1.165) is 25.9 Å². The number of primary amides is 1. The number of halogens is 1. The molecule has 1 fully saturated rings. The molecule has 1 aromatic heterocycles. The van der Waals surface area contributed by atoms with Crippen molar-refractivity contribution in [1.29, 1.82) is 0 Å². The van der Waals surface area contributed by atoms with Gasteiger partial charge in [-0.15, -0.1) is 12.4 Å². The summed E-state index contributed by atoms with van der Waals surface area (Å²) in [5.41, 5.74) is 7.09. The number of hydrogen-bond donors (Lipinski definition) is 2. The highest BCUT2D eigenvalue weighted by molar-refractivity contribution is 5.85. The maximum atomic E-state index is 10.7. The molecule has 2 rings (SSSR count). The van der Waals surface area contributed by atoms with E-state index in [-0.39, 0.29) is 24.2 Å². The largest absolute Gasteiger partial charge is 0.433 e. The van der Waals surface area contributed by atoms with Crippen LogP contribution in [0.25, 0.3) is 0 Å². The second kappa shape index (κ2) is 9.11. The van der Waals surface area contributed by atoms with Crippen molar-refractivity contribution >= 4 is 30.5 Å². The van der Waals surface area contributed by atoms with E-state index in [1.807, 2.05) is 0 Å². The number of rotatable bonds is 6. The predicted octanol–water partition coefficient (Wildman–Crippen LogP) is 1.83. The zero-order valence-electron chi connectivity index (χ0n) is 12.5. The Morgan fingerprint density at radius 3 is 2.74 bits per heavy atom. The molecule has 1 unspecified atom stereocenters. The lowest BCUT2D eigenvalue weighted by atomic mass is 10.0. The van der Waals surface area contributed by atoms with Gasteiger partial charge in [-0.3, -0.25) is 10.1 Å². The van der Waals surface area contributed by atoms with E-state index in [0.29, 0.717) is 12.3 Å². The molecule has 0 aliphatic carbocycles. The summed E-state index contributed by atoms with van der Waals surface area (Å²) in [6.45, 7) is 2.56. The maximum absolute atomic E-state index is 10.7. The van der Waals surface area contributed by atoms with Crippen molar-refractivity contribution in [3.63, 3.8) is 0 Å². The summed E-state index contributed by atoms with van der Waals surface area (Å²) < 4.78 is 5.25. The lowest BCUT2D eigenvalue weighted by Gasteiger charge is -2.28. The van der Waals surface area contributed by atoms with Gasteiger partial charge in [0, 0.05) is 12.8 Å². The zero-order valence-corrected chi connectivity index (χ0v) is 13.3. The third-order valence-corrected chi connectivity index (χ3v) is 3.49. The predicted molar refractivity (Wildman–Crippen MR) is 86.9 cm³/mol. The molecule has 3 N–H and O–H groups in total. The molecular weight excluding hydrogens is 326 g/mol. The van der Waals surface area contributed by atoms with E-state index in [1.165, 1.54) is 18.7 Å². The molecule has 1 saturated heterocycles. The van der Waals surface area contributed by atoms with Crippen molar-refractivity contribution in [2.75, 3.05) is 19.6 Å². The normalized spacial score (nSPS) is 16.7. The number of hydrogen-bond acceptors (Lipinski definition) is 6. The lowest BCUT2D eigenvalue weighted by Crippen LogP contribution is -2.34. The highest BCUT2D eigenvalue weighted by atomic mass is 35.5. The molecule has 10 heteroatoms. The highest BCUT2D eigenvalue weighted by Crippen LogP contribution is 2.24. The minimum Gasteiger partial charge on any atom is -0.405 e. The summed E-state index contributed by atoms with van der Waals surface area (Å²) in [5.74, 6) is -0.166. The summed E-state index contributed by atoms with van der Waals surface area (Å²) in [6.07, 6.45) is 4.95. The SMILES string of the molecule is Cl.NC(=O)N/N=C/C(CN1CCCCC1)c1ccc([N+](=O)[O-])o1. The van der Waals surface area contributed by atoms with Crippen LogP contribution in [0.1, 0.15) is 30.9 Å². The number of urea groups is 1. The Morgan fingerprint density at radius 2 is 2.17 bits per heavy atom. The Bertz CT molecular complexity index is 556. The van der Waals surface area contributed by atoms with Crippen molar-refractivity contribution in [2.24, 2.45) is 10.8 Å². The van der Waals surface area contributed by atoms with Crippen LogP contribution >= 0.6 is 12.4 Å². The second-order valence-corrected chi connectivity index (χ2v) is 5.16. The third kappa shape index (κ3) is 5.87. The van der Waals surface area contributed by atoms with E-state index in [9.17, 15) is 14.9 Å². The van der Waals surface area contributed by atoms with Gasteiger partial charge in [0.1, 0.15) is 10.7 Å². The van der Waals surface area contributed by atoms with Gasteiger partial charge in [-0.2, -0.15) is 5.10 Å². The molecule has 0 bridgehead atoms. The molecule has 0 saturated carbocycles. The smallest absolute Gasteiger partial charge is 0.405 e. The van der Waals surface area contributed by atoms with Crippen LogP contribution in [0, 0.1) is 10.1 Å². The Balaban J connectivity index is 0.00000264. The lowest BCUT2D eigenvalue weighted by molar-refractivity contribution is -0.402. The Labute approximate surface area is 139 Å². The van der Waals surface area contributed by atoms with Crippen LogP contribution in [0.2, 0.25) is 0 Å². The van der Waals surface area contributed by atoms with E-state index in [1.54, 1.807) is 6.07 Å². The summed E-state index contributed by atoms with van der Waals surface area (Å²) in [6, 6.07) is 2.11. The number of amides is 2. The summed E-state index contributed by atoms with van der Waals surface area (Å²) in [7, 11) is 0. The first-order valence-corrected chi connectivity index (χ1v) is 7.11. The molecule has 2 heterocycles. The zero-order chi connectivity index (χ0) is 15.9. The Morgan fingerprint density at radius 1 is 1.48 bits per heavy atom. The van der Waals surface area contributed by atoms with Gasteiger partial charge in [-0.1, -0.05) is 6.42 Å². The number of nitro groups is 1. The molecule has 2 amide bonds. The van der Waals surface area contributed by atoms with Gasteiger partial charge >= 0.3 is 11.9 Å². The minimum atomic E-state index is -0.765. The Hall–Kier alpha value is -2.13. The minimum absolute atomic E-state index is 0. The molecule has 1 aromatic rings. The van der Waals surface area contributed by atoms with Gasteiger partial charge in [-0.05, 0) is 32.0 Å². The van der Waals surface area contributed by atoms with Crippen molar-refractivity contribution in [2.45, 2.75) is 25.2 Å². The first kappa shape index (κ1) is 18.9. The number of nitrogens with zero attached hydrogens (tertiary/aromatic N) is 3. The van der Waals surface area contributed by atoms with Crippen LogP contribution in [0.5, 0.6) is 0 Å². The first-order chi connectivity index (χ1) is 10.6. The molecule has 1 aliphatic heterocycles. The number of hydrazone groups is 1. The molecule has 0 aromatic carbocycles. The molecule has 1 aliphatic rings. The van der Waals surface area contributed by atoms with Gasteiger partial charge in [0.15, 0.2) is 0 Å². The number of carbonyl (C=O) groups excluding carboxylic acids is 1. The first-order valence-electron chi connectivity index (χ1n) is 7.11. The molecule has 23 heavy (non-hydrogen) atoms. The van der Waals surface area contributed by atoms with Crippen LogP contribution in [0.3, 0.4) is 0 Å². The Kier molecular flexibility index (Phi) is 7.49. The molecule has 0 spiro atoms. The molecule has 0 radical (unpaired) electrons. The summed E-state index contributed by atoms with van der Waals surface area (Å²) >= 11 is 0. The average Bonchev–Trinajstić information content (AvgIpc) is 2.97. The number of nitrogens with one attached hydrogen (secondary N) is 1. The van der Waals surface area contributed by atoms with Gasteiger partial charge in [0.25, 0.3) is 0 Å². The van der Waals surface area contributed by atoms with Gasteiger partial charge < -0.3 is 15.1 Å². The number of nitrogens with two attached hydrogens (primary N) is 1. The number of likely N-dealkylation sites (tertiary alicyclic amines) is 1. The maximum Gasteiger partial charge on any atom is 0.433 e. The fourth-order valence-electron chi connectivity index (χ4n) is 2.46. The fourth-order valence-corrected chi connectivity index (χ4v) is 2.46. The van der Waals surface area contributed by atoms with Gasteiger partial charge in [0.2, 0.25) is 0 Å². The van der Waals surface area contributed by atoms with Crippen LogP contribution in [-0.2, 0) is 0 Å². The van der Waals surface area contributed by atoms with E-state index in [2.05, 4.69) is 15.4 Å². The standard InChI is InChI=1S/C13H19N5O4.ClH/c14-13(19)16-15-8-10(9-17-6-2-1-3-7-17)11-4-5-12(22-11)18(20)21;/h4-5,8,10H,1-3,6-7,9H2,(H3,14,16,19);1H/b15-8+;. The van der Waals surface area contributed by atoms with Crippen molar-refractivity contribution in [3.05, 3.63) is 28.0 Å². The summed E-state index contributed by atoms with van der Waals surface area (Å²) in [4.78, 5) is 23.1. The second-order valence-electron chi connectivity index (χ2n) is 5.16. The van der Waals surface area contributed by atoms with Crippen LogP contribution in [-0.4, -0.2) is 41.7 Å². The topological polar surface area (TPSA) is 127 Å². The van der Waals surface area contributed by atoms with E-state index < -0.39 is 11.0 Å². The number of carbonyl (C=O) groups is 1. The number of piperidine rings is 1.